The van der Waals surface area contributed by atoms with Crippen molar-refractivity contribution in [2.24, 2.45) is 29.6 Å². The third-order valence-electron chi connectivity index (χ3n) is 5.50. The average Bonchev–Trinajstić information content (AvgIpc) is 2.26. The van der Waals surface area contributed by atoms with E-state index in [1.807, 2.05) is 0 Å². The van der Waals surface area contributed by atoms with Gasteiger partial charge >= 0.3 is 5.97 Å². The molecule has 0 aromatic heterocycles. The summed E-state index contributed by atoms with van der Waals surface area (Å²) in [5, 5.41) is 9.09. The molecule has 0 aliphatic heterocycles. The van der Waals surface area contributed by atoms with Crippen molar-refractivity contribution in [3.05, 3.63) is 11.6 Å². The molecule has 4 saturated carbocycles. The van der Waals surface area contributed by atoms with Crippen molar-refractivity contribution in [1.29, 1.82) is 0 Å². The van der Waals surface area contributed by atoms with E-state index >= 15 is 0 Å². The molecular weight excluding hydrogens is 224 g/mol. The second kappa shape index (κ2) is 4.71. The Hall–Kier alpha value is -0.790. The number of carboxylic acids is 1. The Labute approximate surface area is 109 Å². The first-order valence-corrected chi connectivity index (χ1v) is 7.60. The number of allylic oxidation sites excluding steroid dienone is 1. The summed E-state index contributed by atoms with van der Waals surface area (Å²) in [7, 11) is 0. The van der Waals surface area contributed by atoms with E-state index in [2.05, 4.69) is 6.92 Å². The third kappa shape index (κ3) is 2.10. The minimum absolute atomic E-state index is 0.605. The molecule has 0 aromatic carbocycles. The maximum Gasteiger partial charge on any atom is 0.328 e. The summed E-state index contributed by atoms with van der Waals surface area (Å²) >= 11 is 0. The lowest BCUT2D eigenvalue weighted by atomic mass is 9.50. The molecule has 0 spiro atoms. The summed E-state index contributed by atoms with van der Waals surface area (Å²) in [6.07, 6.45) is 10.6. The van der Waals surface area contributed by atoms with Gasteiger partial charge < -0.3 is 5.11 Å². The zero-order valence-electron chi connectivity index (χ0n) is 11.3. The fourth-order valence-corrected chi connectivity index (χ4v) is 5.31. The second-order valence-electron chi connectivity index (χ2n) is 6.76. The molecule has 0 atom stereocenters. The highest BCUT2D eigenvalue weighted by Crippen LogP contribution is 2.58. The van der Waals surface area contributed by atoms with Crippen LogP contribution in [0.3, 0.4) is 0 Å². The van der Waals surface area contributed by atoms with Gasteiger partial charge in [-0.2, -0.15) is 0 Å². The lowest BCUT2D eigenvalue weighted by Crippen LogP contribution is -2.45. The van der Waals surface area contributed by atoms with Crippen LogP contribution in [-0.4, -0.2) is 11.1 Å². The average molecular weight is 248 g/mol. The van der Waals surface area contributed by atoms with Crippen molar-refractivity contribution in [2.75, 3.05) is 0 Å². The normalized spacial score (nSPS) is 42.3. The highest BCUT2D eigenvalue weighted by atomic mass is 16.4. The topological polar surface area (TPSA) is 37.3 Å². The quantitative estimate of drug-likeness (QED) is 0.767. The van der Waals surface area contributed by atoms with Crippen molar-refractivity contribution < 1.29 is 9.90 Å². The first-order valence-electron chi connectivity index (χ1n) is 7.60. The molecule has 0 aromatic rings. The number of hydrogen-bond donors (Lipinski definition) is 1. The van der Waals surface area contributed by atoms with E-state index in [1.54, 1.807) is 0 Å². The minimum atomic E-state index is -0.743. The lowest BCUT2D eigenvalue weighted by molar-refractivity contribution is -0.131. The van der Waals surface area contributed by atoms with Gasteiger partial charge in [0.1, 0.15) is 0 Å². The molecule has 4 rings (SSSR count). The van der Waals surface area contributed by atoms with Gasteiger partial charge in [-0.1, -0.05) is 18.9 Å². The molecular formula is C16H24O2. The number of rotatable bonds is 4. The molecule has 0 heterocycles. The van der Waals surface area contributed by atoms with E-state index < -0.39 is 5.97 Å². The Morgan fingerprint density at radius 2 is 1.67 bits per heavy atom. The molecule has 0 amide bonds. The summed E-state index contributed by atoms with van der Waals surface area (Å²) in [4.78, 5) is 11.0. The second-order valence-corrected chi connectivity index (χ2v) is 6.76. The van der Waals surface area contributed by atoms with Crippen LogP contribution in [0.25, 0.3) is 0 Å². The molecule has 0 radical (unpaired) electrons. The van der Waals surface area contributed by atoms with Gasteiger partial charge in [-0.25, -0.2) is 4.79 Å². The van der Waals surface area contributed by atoms with Gasteiger partial charge in [0, 0.05) is 6.08 Å². The molecule has 1 N–H and O–H groups in total. The van der Waals surface area contributed by atoms with Crippen LogP contribution in [-0.2, 0) is 4.79 Å². The largest absolute Gasteiger partial charge is 0.478 e. The predicted molar refractivity (Wildman–Crippen MR) is 71.2 cm³/mol. The number of carboxylic acid groups (broad SMARTS) is 1. The van der Waals surface area contributed by atoms with Crippen molar-refractivity contribution in [2.45, 2.75) is 51.9 Å². The molecule has 4 bridgehead atoms. The molecule has 100 valence electrons. The zero-order valence-corrected chi connectivity index (χ0v) is 11.3. The number of carbonyl (C=O) groups is 1. The van der Waals surface area contributed by atoms with E-state index in [9.17, 15) is 4.79 Å². The van der Waals surface area contributed by atoms with Gasteiger partial charge in [0.15, 0.2) is 0 Å². The lowest BCUT2D eigenvalue weighted by Gasteiger charge is -2.55. The summed E-state index contributed by atoms with van der Waals surface area (Å²) in [6, 6.07) is 0. The Morgan fingerprint density at radius 3 is 2.11 bits per heavy atom. The van der Waals surface area contributed by atoms with Crippen molar-refractivity contribution in [1.82, 2.24) is 0 Å². The fraction of sp³-hybridized carbons (Fsp3) is 0.812. The monoisotopic (exact) mass is 248 g/mol. The Kier molecular flexibility index (Phi) is 3.21. The van der Waals surface area contributed by atoms with Crippen LogP contribution in [0.2, 0.25) is 0 Å². The maximum absolute atomic E-state index is 11.0. The molecule has 0 saturated heterocycles. The number of aliphatic carboxylic acids is 1. The van der Waals surface area contributed by atoms with E-state index in [0.717, 1.165) is 36.5 Å². The van der Waals surface area contributed by atoms with E-state index in [0.29, 0.717) is 5.92 Å². The highest BCUT2D eigenvalue weighted by Gasteiger charge is 2.48. The van der Waals surface area contributed by atoms with E-state index in [4.69, 9.17) is 5.11 Å². The summed E-state index contributed by atoms with van der Waals surface area (Å²) in [6.45, 7) is 2.16. The molecule has 4 aliphatic carbocycles. The molecule has 0 unspecified atom stereocenters. The van der Waals surface area contributed by atoms with E-state index in [1.165, 1.54) is 43.8 Å². The van der Waals surface area contributed by atoms with Crippen molar-refractivity contribution in [3.63, 3.8) is 0 Å². The van der Waals surface area contributed by atoms with Crippen LogP contribution in [0.5, 0.6) is 0 Å². The fourth-order valence-electron chi connectivity index (χ4n) is 5.31. The van der Waals surface area contributed by atoms with Crippen molar-refractivity contribution >= 4 is 5.97 Å². The van der Waals surface area contributed by atoms with Crippen LogP contribution in [0.1, 0.15) is 51.9 Å². The molecule has 2 heteroatoms. The molecule has 4 aliphatic rings. The Bertz CT molecular complexity index is 341. The van der Waals surface area contributed by atoms with E-state index in [-0.39, 0.29) is 0 Å². The van der Waals surface area contributed by atoms with Gasteiger partial charge in [0.2, 0.25) is 0 Å². The first kappa shape index (κ1) is 12.3. The Balaban J connectivity index is 1.84. The number of hydrogen-bond acceptors (Lipinski definition) is 1. The smallest absolute Gasteiger partial charge is 0.328 e. The van der Waals surface area contributed by atoms with Gasteiger partial charge in [-0.3, -0.25) is 0 Å². The first-order chi connectivity index (χ1) is 8.67. The maximum atomic E-state index is 11.0. The molecule has 18 heavy (non-hydrogen) atoms. The predicted octanol–water partition coefficient (Wildman–Crippen LogP) is 3.87. The summed E-state index contributed by atoms with van der Waals surface area (Å²) in [5.41, 5.74) is 1.25. The van der Waals surface area contributed by atoms with Crippen LogP contribution >= 0.6 is 0 Å². The SMILES string of the molecule is CCC/C(=C\C(=O)O)C1C2CC3CC(C2)CC1C3. The van der Waals surface area contributed by atoms with Crippen LogP contribution in [0.4, 0.5) is 0 Å². The summed E-state index contributed by atoms with van der Waals surface area (Å²) in [5.74, 6) is 3.41. The van der Waals surface area contributed by atoms with Gasteiger partial charge in [0.05, 0.1) is 0 Å². The zero-order chi connectivity index (χ0) is 12.7. The van der Waals surface area contributed by atoms with Crippen LogP contribution in [0.15, 0.2) is 11.6 Å². The van der Waals surface area contributed by atoms with Gasteiger partial charge in [-0.15, -0.1) is 0 Å². The Morgan fingerprint density at radius 1 is 1.11 bits per heavy atom. The highest BCUT2D eigenvalue weighted by molar-refractivity contribution is 5.80. The van der Waals surface area contributed by atoms with Crippen LogP contribution in [0, 0.1) is 29.6 Å². The molecule has 4 fully saturated rings. The summed E-state index contributed by atoms with van der Waals surface area (Å²) < 4.78 is 0. The van der Waals surface area contributed by atoms with Crippen LogP contribution < -0.4 is 0 Å². The molecule has 2 nitrogen and oxygen atoms in total. The minimum Gasteiger partial charge on any atom is -0.478 e. The third-order valence-corrected chi connectivity index (χ3v) is 5.50. The van der Waals surface area contributed by atoms with Crippen molar-refractivity contribution in [3.8, 4) is 0 Å². The standard InChI is InChI=1S/C16H24O2/c1-2-3-12(9-15(17)18)16-13-5-10-4-11(7-13)8-14(16)6-10/h9-11,13-14,16H,2-8H2,1H3,(H,17,18)/b12-9+. The van der Waals surface area contributed by atoms with Gasteiger partial charge in [0.25, 0.3) is 0 Å². The van der Waals surface area contributed by atoms with Gasteiger partial charge in [-0.05, 0) is 68.1 Å².